The van der Waals surface area contributed by atoms with Gasteiger partial charge in [-0.25, -0.2) is 5.43 Å². The van der Waals surface area contributed by atoms with Gasteiger partial charge in [-0.1, -0.05) is 6.42 Å². The van der Waals surface area contributed by atoms with Crippen molar-refractivity contribution >= 4 is 30.2 Å². The summed E-state index contributed by atoms with van der Waals surface area (Å²) >= 11 is 0. The summed E-state index contributed by atoms with van der Waals surface area (Å²) in [6.07, 6.45) is 4.98. The molecule has 0 atom stereocenters. The fourth-order valence-electron chi connectivity index (χ4n) is 2.22. The van der Waals surface area contributed by atoms with Crippen LogP contribution in [0.25, 0.3) is 0 Å². The first-order chi connectivity index (χ1) is 10.1. The smallest absolute Gasteiger partial charge is 0.269 e. The highest BCUT2D eigenvalue weighted by atomic mass is 35.5. The quantitative estimate of drug-likeness (QED) is 0.509. The van der Waals surface area contributed by atoms with Gasteiger partial charge in [0.15, 0.2) is 0 Å². The standard InChI is InChI=1S/C14H18N4O3.ClH/c19-14(11-17-8-2-1-3-9-17)16-15-10-12-4-6-13(7-5-12)18(20)21;/h4-7,10H,1-3,8-9,11H2,(H,16,19);1H/b15-10+;. The number of hydrogen-bond acceptors (Lipinski definition) is 5. The molecule has 0 spiro atoms. The van der Waals surface area contributed by atoms with Crippen molar-refractivity contribution < 1.29 is 9.72 Å². The Hall–Kier alpha value is -1.99. The Bertz CT molecular complexity index is 527. The zero-order chi connectivity index (χ0) is 15.1. The van der Waals surface area contributed by atoms with Gasteiger partial charge in [0.1, 0.15) is 0 Å². The molecule has 120 valence electrons. The van der Waals surface area contributed by atoms with E-state index in [4.69, 9.17) is 0 Å². The molecule has 1 aromatic rings. The molecule has 1 saturated heterocycles. The molecule has 1 aromatic carbocycles. The van der Waals surface area contributed by atoms with E-state index in [1.807, 2.05) is 0 Å². The van der Waals surface area contributed by atoms with Crippen molar-refractivity contribution in [2.75, 3.05) is 19.6 Å². The molecule has 1 aliphatic heterocycles. The zero-order valence-electron chi connectivity index (χ0n) is 12.1. The van der Waals surface area contributed by atoms with Gasteiger partial charge in [0.25, 0.3) is 11.6 Å². The lowest BCUT2D eigenvalue weighted by Crippen LogP contribution is -2.38. The highest BCUT2D eigenvalue weighted by Crippen LogP contribution is 2.10. The van der Waals surface area contributed by atoms with Crippen LogP contribution < -0.4 is 5.43 Å². The Morgan fingerprint density at radius 3 is 2.50 bits per heavy atom. The number of piperidine rings is 1. The van der Waals surface area contributed by atoms with Crippen LogP contribution >= 0.6 is 12.4 Å². The highest BCUT2D eigenvalue weighted by molar-refractivity contribution is 5.85. The number of carbonyl (C=O) groups excluding carboxylic acids is 1. The molecule has 1 amide bonds. The molecule has 22 heavy (non-hydrogen) atoms. The fraction of sp³-hybridized carbons (Fsp3) is 0.429. The molecule has 0 aromatic heterocycles. The van der Waals surface area contributed by atoms with Crippen LogP contribution in [0.1, 0.15) is 24.8 Å². The van der Waals surface area contributed by atoms with E-state index in [9.17, 15) is 14.9 Å². The average Bonchev–Trinajstić information content (AvgIpc) is 2.49. The van der Waals surface area contributed by atoms with E-state index in [2.05, 4.69) is 15.4 Å². The minimum Gasteiger partial charge on any atom is -0.294 e. The van der Waals surface area contributed by atoms with Crippen LogP contribution in [0.15, 0.2) is 29.4 Å². The number of rotatable bonds is 5. The predicted octanol–water partition coefficient (Wildman–Crippen LogP) is 1.95. The first-order valence-electron chi connectivity index (χ1n) is 6.94. The van der Waals surface area contributed by atoms with E-state index in [1.165, 1.54) is 24.8 Å². The van der Waals surface area contributed by atoms with Crippen LogP contribution in [0, 0.1) is 10.1 Å². The lowest BCUT2D eigenvalue weighted by atomic mass is 10.1. The van der Waals surface area contributed by atoms with Gasteiger partial charge in [0.2, 0.25) is 0 Å². The zero-order valence-corrected chi connectivity index (χ0v) is 12.9. The molecule has 1 N–H and O–H groups in total. The number of likely N-dealkylation sites (tertiary alicyclic amines) is 1. The Balaban J connectivity index is 0.00000242. The monoisotopic (exact) mass is 326 g/mol. The van der Waals surface area contributed by atoms with Gasteiger partial charge >= 0.3 is 0 Å². The van der Waals surface area contributed by atoms with E-state index in [1.54, 1.807) is 12.1 Å². The first-order valence-corrected chi connectivity index (χ1v) is 6.94. The second-order valence-corrected chi connectivity index (χ2v) is 4.98. The van der Waals surface area contributed by atoms with E-state index < -0.39 is 4.92 Å². The van der Waals surface area contributed by atoms with Crippen molar-refractivity contribution in [3.05, 3.63) is 39.9 Å². The first kappa shape index (κ1) is 18.1. The Labute approximate surface area is 134 Å². The number of hydrogen-bond donors (Lipinski definition) is 1. The van der Waals surface area contributed by atoms with Gasteiger partial charge in [0.05, 0.1) is 17.7 Å². The number of halogens is 1. The molecular weight excluding hydrogens is 308 g/mol. The van der Waals surface area contributed by atoms with Crippen LogP contribution in [0.5, 0.6) is 0 Å². The van der Waals surface area contributed by atoms with E-state index in [0.717, 1.165) is 25.9 Å². The molecule has 0 saturated carbocycles. The summed E-state index contributed by atoms with van der Waals surface area (Å²) in [6, 6.07) is 5.96. The lowest BCUT2D eigenvalue weighted by molar-refractivity contribution is -0.384. The number of benzene rings is 1. The molecule has 0 bridgehead atoms. The summed E-state index contributed by atoms with van der Waals surface area (Å²) in [5.41, 5.74) is 3.19. The maximum Gasteiger partial charge on any atom is 0.269 e. The van der Waals surface area contributed by atoms with Crippen LogP contribution in [-0.4, -0.2) is 41.6 Å². The van der Waals surface area contributed by atoms with Crippen molar-refractivity contribution in [1.29, 1.82) is 0 Å². The summed E-state index contributed by atoms with van der Waals surface area (Å²) in [6.45, 7) is 2.27. The van der Waals surface area contributed by atoms with Gasteiger partial charge < -0.3 is 0 Å². The summed E-state index contributed by atoms with van der Waals surface area (Å²) in [5, 5.41) is 14.4. The summed E-state index contributed by atoms with van der Waals surface area (Å²) in [5.74, 6) is -0.143. The van der Waals surface area contributed by atoms with Crippen molar-refractivity contribution in [3.8, 4) is 0 Å². The second kappa shape index (κ2) is 9.11. The van der Waals surface area contributed by atoms with Crippen molar-refractivity contribution in [2.24, 2.45) is 5.10 Å². The summed E-state index contributed by atoms with van der Waals surface area (Å²) < 4.78 is 0. The minimum absolute atomic E-state index is 0. The number of carbonyl (C=O) groups is 1. The topological polar surface area (TPSA) is 87.8 Å². The van der Waals surface area contributed by atoms with Crippen molar-refractivity contribution in [3.63, 3.8) is 0 Å². The normalized spacial score (nSPS) is 15.3. The SMILES string of the molecule is Cl.O=C(CN1CCCCC1)N/N=C/c1ccc([N+](=O)[O-])cc1. The molecular formula is C14H19ClN4O3. The van der Waals surface area contributed by atoms with Crippen LogP contribution in [0.3, 0.4) is 0 Å². The van der Waals surface area contributed by atoms with E-state index >= 15 is 0 Å². The largest absolute Gasteiger partial charge is 0.294 e. The number of hydrazone groups is 1. The Morgan fingerprint density at radius 1 is 1.27 bits per heavy atom. The molecule has 0 aliphatic carbocycles. The minimum atomic E-state index is -0.457. The number of nitro groups is 1. The van der Waals surface area contributed by atoms with Gasteiger partial charge in [0, 0.05) is 12.1 Å². The molecule has 8 heteroatoms. The van der Waals surface area contributed by atoms with Gasteiger partial charge in [-0.05, 0) is 43.6 Å². The number of nitrogens with zero attached hydrogens (tertiary/aromatic N) is 3. The highest BCUT2D eigenvalue weighted by Gasteiger charge is 2.13. The third-order valence-electron chi connectivity index (χ3n) is 3.32. The molecule has 7 nitrogen and oxygen atoms in total. The lowest BCUT2D eigenvalue weighted by Gasteiger charge is -2.25. The molecule has 0 unspecified atom stereocenters. The third-order valence-corrected chi connectivity index (χ3v) is 3.32. The average molecular weight is 327 g/mol. The van der Waals surface area contributed by atoms with Crippen LogP contribution in [0.2, 0.25) is 0 Å². The molecule has 2 rings (SSSR count). The second-order valence-electron chi connectivity index (χ2n) is 4.98. The van der Waals surface area contributed by atoms with Gasteiger partial charge in [-0.2, -0.15) is 5.10 Å². The predicted molar refractivity (Wildman–Crippen MR) is 86.4 cm³/mol. The number of amides is 1. The fourth-order valence-corrected chi connectivity index (χ4v) is 2.22. The molecule has 1 heterocycles. The number of non-ortho nitro benzene ring substituents is 1. The molecule has 0 radical (unpaired) electrons. The Kier molecular flexibility index (Phi) is 7.48. The van der Waals surface area contributed by atoms with Crippen molar-refractivity contribution in [2.45, 2.75) is 19.3 Å². The summed E-state index contributed by atoms with van der Waals surface area (Å²) in [7, 11) is 0. The van der Waals surface area contributed by atoms with Gasteiger partial charge in [-0.3, -0.25) is 19.8 Å². The maximum atomic E-state index is 11.7. The molecule has 1 aliphatic rings. The molecule has 1 fully saturated rings. The summed E-state index contributed by atoms with van der Waals surface area (Å²) in [4.78, 5) is 23.9. The van der Waals surface area contributed by atoms with Crippen LogP contribution in [-0.2, 0) is 4.79 Å². The maximum absolute atomic E-state index is 11.7. The van der Waals surface area contributed by atoms with Gasteiger partial charge in [-0.15, -0.1) is 12.4 Å². The third kappa shape index (κ3) is 5.79. The van der Waals surface area contributed by atoms with E-state index in [-0.39, 0.29) is 24.0 Å². The van der Waals surface area contributed by atoms with Crippen LogP contribution in [0.4, 0.5) is 5.69 Å². The number of nitrogens with one attached hydrogen (secondary N) is 1. The van der Waals surface area contributed by atoms with Crippen molar-refractivity contribution in [1.82, 2.24) is 10.3 Å². The number of nitro benzene ring substituents is 1. The van der Waals surface area contributed by atoms with E-state index in [0.29, 0.717) is 12.1 Å². The Morgan fingerprint density at radius 2 is 1.91 bits per heavy atom.